The zero-order chi connectivity index (χ0) is 19.0. The van der Waals surface area contributed by atoms with Crippen molar-refractivity contribution in [3.8, 4) is 5.75 Å². The van der Waals surface area contributed by atoms with E-state index in [1.807, 2.05) is 0 Å². The van der Waals surface area contributed by atoms with E-state index in [-0.39, 0.29) is 53.0 Å². The molecule has 3 amide bonds. The first-order chi connectivity index (χ1) is 13.1. The van der Waals surface area contributed by atoms with Gasteiger partial charge in [-0.2, -0.15) is 0 Å². The first-order valence-electron chi connectivity index (χ1n) is 9.53. The van der Waals surface area contributed by atoms with Gasteiger partial charge in [-0.3, -0.25) is 19.3 Å². The number of hydrogen-bond acceptors (Lipinski definition) is 5. The summed E-state index contributed by atoms with van der Waals surface area (Å²) >= 11 is 0. The second kappa shape index (κ2) is 7.13. The number of carbonyl (C=O) groups excluding carboxylic acids is 3. The van der Waals surface area contributed by atoms with Crippen LogP contribution in [-0.4, -0.2) is 39.3 Å². The molecule has 4 atom stereocenters. The smallest absolute Gasteiger partial charge is 0.233 e. The molecular formula is C20H23N3O4. The Labute approximate surface area is 157 Å². The van der Waals surface area contributed by atoms with Crippen LogP contribution in [0.5, 0.6) is 5.75 Å². The zero-order valence-electron chi connectivity index (χ0n) is 15.0. The Balaban J connectivity index is 1.19. The van der Waals surface area contributed by atoms with Crippen LogP contribution in [0.2, 0.25) is 0 Å². The molecule has 2 fully saturated rings. The number of hydrogen-bond donors (Lipinski definition) is 2. The predicted octanol–water partition coefficient (Wildman–Crippen LogP) is 2.09. The maximum Gasteiger partial charge on any atom is 0.233 e. The van der Waals surface area contributed by atoms with E-state index >= 15 is 0 Å². The molecule has 2 aliphatic carbocycles. The lowest BCUT2D eigenvalue weighted by atomic mass is 9.85. The monoisotopic (exact) mass is 369 g/mol. The molecule has 7 heteroatoms. The van der Waals surface area contributed by atoms with E-state index in [1.165, 1.54) is 17.2 Å². The SMILES string of the molecule is O=C(CCCCCN1C(=O)[C@@H]2[C@@H](C1=O)[C@H]1C=C[C@H]2C1)Nc1ncccc1O. The number of unbranched alkanes of at least 4 members (excludes halogenated alkanes) is 2. The lowest BCUT2D eigenvalue weighted by molar-refractivity contribution is -0.140. The predicted molar refractivity (Wildman–Crippen MR) is 97.4 cm³/mol. The summed E-state index contributed by atoms with van der Waals surface area (Å²) in [6.07, 6.45) is 9.03. The molecule has 1 aromatic heterocycles. The van der Waals surface area contributed by atoms with E-state index in [4.69, 9.17) is 0 Å². The quantitative estimate of drug-likeness (QED) is 0.436. The van der Waals surface area contributed by atoms with Gasteiger partial charge in [-0.05, 0) is 43.2 Å². The number of allylic oxidation sites excluding steroid dienone is 2. The first-order valence-corrected chi connectivity index (χ1v) is 9.53. The highest BCUT2D eigenvalue weighted by atomic mass is 16.3. The van der Waals surface area contributed by atoms with Crippen LogP contribution < -0.4 is 5.32 Å². The average molecular weight is 369 g/mol. The van der Waals surface area contributed by atoms with Crippen LogP contribution in [0.1, 0.15) is 32.1 Å². The van der Waals surface area contributed by atoms with Crippen LogP contribution in [0.3, 0.4) is 0 Å². The van der Waals surface area contributed by atoms with Gasteiger partial charge in [-0.15, -0.1) is 0 Å². The number of imide groups is 1. The van der Waals surface area contributed by atoms with Gasteiger partial charge >= 0.3 is 0 Å². The van der Waals surface area contributed by atoms with Gasteiger partial charge in [0.05, 0.1) is 11.8 Å². The van der Waals surface area contributed by atoms with Gasteiger partial charge < -0.3 is 10.4 Å². The Morgan fingerprint density at radius 1 is 1.15 bits per heavy atom. The van der Waals surface area contributed by atoms with Crippen LogP contribution in [0.4, 0.5) is 5.82 Å². The number of nitrogens with zero attached hydrogens (tertiary/aromatic N) is 2. The molecule has 0 aromatic carbocycles. The highest BCUT2D eigenvalue weighted by Crippen LogP contribution is 2.52. The van der Waals surface area contributed by atoms with Crippen LogP contribution >= 0.6 is 0 Å². The number of amides is 3. The lowest BCUT2D eigenvalue weighted by Gasteiger charge is -2.17. The van der Waals surface area contributed by atoms with Crippen molar-refractivity contribution in [3.05, 3.63) is 30.5 Å². The van der Waals surface area contributed by atoms with E-state index in [0.29, 0.717) is 25.8 Å². The fourth-order valence-electron chi connectivity index (χ4n) is 4.60. The summed E-state index contributed by atoms with van der Waals surface area (Å²) in [5.74, 6) is 0.0800. The molecule has 2 N–H and O–H groups in total. The second-order valence-corrected chi connectivity index (χ2v) is 7.56. The normalized spacial score (nSPS) is 28.1. The van der Waals surface area contributed by atoms with Crippen LogP contribution in [0.25, 0.3) is 0 Å². The number of rotatable bonds is 7. The van der Waals surface area contributed by atoms with Gasteiger partial charge in [-0.1, -0.05) is 18.6 Å². The fourth-order valence-corrected chi connectivity index (χ4v) is 4.60. The number of carbonyl (C=O) groups is 3. The van der Waals surface area contributed by atoms with Crippen molar-refractivity contribution in [1.82, 2.24) is 9.88 Å². The standard InChI is InChI=1S/C20H23N3O4/c24-14-5-4-9-21-18(14)22-15(25)6-2-1-3-10-23-19(26)16-12-7-8-13(11-12)17(16)20(23)27/h4-5,7-9,12-13,16-17,24H,1-3,6,10-11H2,(H,21,22,25)/t12-,13-,16-,17-/m0/s1. The summed E-state index contributed by atoms with van der Waals surface area (Å²) in [7, 11) is 0. The van der Waals surface area contributed by atoms with Gasteiger partial charge in [-0.25, -0.2) is 4.98 Å². The van der Waals surface area contributed by atoms with Crippen LogP contribution in [0.15, 0.2) is 30.5 Å². The maximum atomic E-state index is 12.6. The highest BCUT2D eigenvalue weighted by Gasteiger charge is 2.58. The minimum atomic E-state index is -0.213. The van der Waals surface area contributed by atoms with Crippen LogP contribution in [-0.2, 0) is 14.4 Å². The van der Waals surface area contributed by atoms with Crippen molar-refractivity contribution in [3.63, 3.8) is 0 Å². The molecule has 7 nitrogen and oxygen atoms in total. The molecule has 1 saturated carbocycles. The number of aromatic nitrogens is 1. The third-order valence-corrected chi connectivity index (χ3v) is 5.89. The third kappa shape index (κ3) is 3.22. The van der Waals surface area contributed by atoms with E-state index in [0.717, 1.165) is 12.8 Å². The number of anilines is 1. The number of likely N-dealkylation sites (tertiary alicyclic amines) is 1. The largest absolute Gasteiger partial charge is 0.504 e. The van der Waals surface area contributed by atoms with Crippen molar-refractivity contribution < 1.29 is 19.5 Å². The molecule has 1 aromatic rings. The average Bonchev–Trinajstić information content (AvgIpc) is 3.32. The Morgan fingerprint density at radius 3 is 2.52 bits per heavy atom. The zero-order valence-corrected chi connectivity index (χ0v) is 15.0. The minimum absolute atomic E-state index is 0.00906. The summed E-state index contributed by atoms with van der Waals surface area (Å²) < 4.78 is 0. The Bertz CT molecular complexity index is 776. The molecule has 4 rings (SSSR count). The van der Waals surface area contributed by atoms with E-state index in [9.17, 15) is 19.5 Å². The molecule has 1 aliphatic heterocycles. The van der Waals surface area contributed by atoms with Gasteiger partial charge in [0.15, 0.2) is 11.6 Å². The van der Waals surface area contributed by atoms with Crippen molar-refractivity contribution in [2.75, 3.05) is 11.9 Å². The highest BCUT2D eigenvalue weighted by molar-refractivity contribution is 6.06. The van der Waals surface area contributed by atoms with Gasteiger partial charge in [0.25, 0.3) is 0 Å². The molecule has 2 heterocycles. The Kier molecular flexibility index (Phi) is 4.68. The molecule has 142 valence electrons. The fraction of sp³-hybridized carbons (Fsp3) is 0.500. The second-order valence-electron chi connectivity index (χ2n) is 7.56. The molecule has 0 spiro atoms. The van der Waals surface area contributed by atoms with Crippen molar-refractivity contribution in [2.24, 2.45) is 23.7 Å². The maximum absolute atomic E-state index is 12.6. The van der Waals surface area contributed by atoms with Crippen LogP contribution in [0, 0.1) is 23.7 Å². The summed E-state index contributed by atoms with van der Waals surface area (Å²) in [4.78, 5) is 42.4. The first kappa shape index (κ1) is 17.7. The summed E-state index contributed by atoms with van der Waals surface area (Å²) in [6, 6.07) is 3.05. The summed E-state index contributed by atoms with van der Waals surface area (Å²) in [5.41, 5.74) is 0. The summed E-state index contributed by atoms with van der Waals surface area (Å²) in [6.45, 7) is 0.437. The molecular weight excluding hydrogens is 346 g/mol. The third-order valence-electron chi connectivity index (χ3n) is 5.89. The van der Waals surface area contributed by atoms with Gasteiger partial charge in [0.1, 0.15) is 0 Å². The molecule has 27 heavy (non-hydrogen) atoms. The Morgan fingerprint density at radius 2 is 1.85 bits per heavy atom. The topological polar surface area (TPSA) is 99.6 Å². The number of pyridine rings is 1. The van der Waals surface area contributed by atoms with Crippen molar-refractivity contribution in [2.45, 2.75) is 32.1 Å². The number of fused-ring (bicyclic) bond motifs is 5. The van der Waals surface area contributed by atoms with E-state index in [1.54, 1.807) is 6.07 Å². The molecule has 0 radical (unpaired) electrons. The lowest BCUT2D eigenvalue weighted by Crippen LogP contribution is -2.33. The van der Waals surface area contributed by atoms with Crippen molar-refractivity contribution in [1.29, 1.82) is 0 Å². The van der Waals surface area contributed by atoms with E-state index < -0.39 is 0 Å². The minimum Gasteiger partial charge on any atom is -0.504 e. The molecule has 1 saturated heterocycles. The Hall–Kier alpha value is -2.70. The molecule has 3 aliphatic rings. The molecule has 0 unspecified atom stereocenters. The van der Waals surface area contributed by atoms with Gasteiger partial charge in [0, 0.05) is 19.2 Å². The number of nitrogens with one attached hydrogen (secondary N) is 1. The van der Waals surface area contributed by atoms with Gasteiger partial charge in [0.2, 0.25) is 17.7 Å². The summed E-state index contributed by atoms with van der Waals surface area (Å²) in [5, 5.41) is 12.2. The van der Waals surface area contributed by atoms with E-state index in [2.05, 4.69) is 22.5 Å². The number of aromatic hydroxyl groups is 1. The van der Waals surface area contributed by atoms with Crippen molar-refractivity contribution >= 4 is 23.5 Å². The molecule has 2 bridgehead atoms.